The molecule has 0 aliphatic carbocycles. The third kappa shape index (κ3) is 2.72. The second-order valence-electron chi connectivity index (χ2n) is 2.60. The molecule has 1 aromatic carbocycles. The molecule has 0 bridgehead atoms. The van der Waals surface area contributed by atoms with E-state index < -0.39 is 18.9 Å². The number of para-hydroxylation sites is 1. The molecule has 1 aromatic rings. The average molecular weight is 198 g/mol. The van der Waals surface area contributed by atoms with Crippen LogP contribution in [0.15, 0.2) is 24.3 Å². The van der Waals surface area contributed by atoms with Gasteiger partial charge in [-0.3, -0.25) is 0 Å². The molecule has 0 amide bonds. The molecule has 0 heterocycles. The van der Waals surface area contributed by atoms with Crippen molar-refractivity contribution in [2.24, 2.45) is 0 Å². The third-order valence-corrected chi connectivity index (χ3v) is 1.49. The number of carbonyl (C=O) groups excluding carboxylic acids is 1. The van der Waals surface area contributed by atoms with Crippen molar-refractivity contribution < 1.29 is 24.9 Å². The Kier molecular flexibility index (Phi) is 3.44. The molecular weight excluding hydrogens is 188 g/mol. The van der Waals surface area contributed by atoms with Crippen molar-refractivity contribution in [3.8, 4) is 5.75 Å². The maximum absolute atomic E-state index is 11.2. The van der Waals surface area contributed by atoms with Crippen LogP contribution in [0.5, 0.6) is 5.75 Å². The quantitative estimate of drug-likeness (QED) is 0.464. The van der Waals surface area contributed by atoms with Gasteiger partial charge in [0.05, 0.1) is 0 Å². The van der Waals surface area contributed by atoms with Gasteiger partial charge in [-0.05, 0) is 12.1 Å². The molecule has 0 aliphatic rings. The first kappa shape index (κ1) is 10.5. The number of aliphatic hydroxyl groups excluding tert-OH is 1. The number of aliphatic hydroxyl groups is 2. The number of esters is 1. The van der Waals surface area contributed by atoms with E-state index in [0.29, 0.717) is 0 Å². The standard InChI is InChI=1S/C9H10O5/c10-7-4-2-1-3-6(7)9(13)14-5-8(11)12/h1-4,8,10-12H,5H2. The Morgan fingerprint density at radius 2 is 2.00 bits per heavy atom. The normalized spacial score (nSPS) is 10.2. The molecule has 0 unspecified atom stereocenters. The first-order valence-electron chi connectivity index (χ1n) is 3.92. The summed E-state index contributed by atoms with van der Waals surface area (Å²) in [7, 11) is 0. The fourth-order valence-corrected chi connectivity index (χ4v) is 0.874. The number of aromatic hydroxyl groups is 1. The summed E-state index contributed by atoms with van der Waals surface area (Å²) in [5.41, 5.74) is -0.00634. The van der Waals surface area contributed by atoms with E-state index in [4.69, 9.17) is 10.2 Å². The van der Waals surface area contributed by atoms with Gasteiger partial charge in [-0.1, -0.05) is 12.1 Å². The highest BCUT2D eigenvalue weighted by Crippen LogP contribution is 2.16. The second kappa shape index (κ2) is 4.59. The van der Waals surface area contributed by atoms with Gasteiger partial charge in [-0.25, -0.2) is 4.79 Å². The molecule has 3 N–H and O–H groups in total. The molecule has 0 saturated heterocycles. The van der Waals surface area contributed by atoms with Gasteiger partial charge in [0.2, 0.25) is 0 Å². The van der Waals surface area contributed by atoms with Crippen LogP contribution in [-0.2, 0) is 4.74 Å². The number of carbonyl (C=O) groups is 1. The predicted molar refractivity (Wildman–Crippen MR) is 46.6 cm³/mol. The van der Waals surface area contributed by atoms with Crippen molar-refractivity contribution in [1.82, 2.24) is 0 Å². The highest BCUT2D eigenvalue weighted by molar-refractivity contribution is 5.92. The van der Waals surface area contributed by atoms with Crippen LogP contribution in [0, 0.1) is 0 Å². The number of ether oxygens (including phenoxy) is 1. The van der Waals surface area contributed by atoms with Gasteiger partial charge in [-0.15, -0.1) is 0 Å². The zero-order chi connectivity index (χ0) is 10.6. The minimum Gasteiger partial charge on any atom is -0.507 e. The van der Waals surface area contributed by atoms with Crippen LogP contribution in [0.25, 0.3) is 0 Å². The maximum atomic E-state index is 11.2. The van der Waals surface area contributed by atoms with Gasteiger partial charge in [0.1, 0.15) is 17.9 Å². The SMILES string of the molecule is O=C(OCC(O)O)c1ccccc1O. The summed E-state index contributed by atoms with van der Waals surface area (Å²) in [5.74, 6) is -0.999. The van der Waals surface area contributed by atoms with Gasteiger partial charge in [0, 0.05) is 0 Å². The van der Waals surface area contributed by atoms with Crippen molar-refractivity contribution in [2.45, 2.75) is 6.29 Å². The largest absolute Gasteiger partial charge is 0.507 e. The smallest absolute Gasteiger partial charge is 0.342 e. The molecule has 0 aromatic heterocycles. The van der Waals surface area contributed by atoms with Crippen LogP contribution >= 0.6 is 0 Å². The van der Waals surface area contributed by atoms with Crippen LogP contribution in [-0.4, -0.2) is 34.2 Å². The molecule has 0 fully saturated rings. The molecule has 5 nitrogen and oxygen atoms in total. The number of benzene rings is 1. The van der Waals surface area contributed by atoms with Crippen LogP contribution in [0.1, 0.15) is 10.4 Å². The van der Waals surface area contributed by atoms with Gasteiger partial charge in [0.15, 0.2) is 6.29 Å². The van der Waals surface area contributed by atoms with Crippen molar-refractivity contribution in [3.63, 3.8) is 0 Å². The molecule has 14 heavy (non-hydrogen) atoms. The van der Waals surface area contributed by atoms with Crippen molar-refractivity contribution in [1.29, 1.82) is 0 Å². The molecule has 0 aliphatic heterocycles. The molecule has 0 saturated carbocycles. The van der Waals surface area contributed by atoms with E-state index in [0.717, 1.165) is 0 Å². The van der Waals surface area contributed by atoms with E-state index >= 15 is 0 Å². The summed E-state index contributed by atoms with van der Waals surface area (Å²) in [6.07, 6.45) is -1.70. The molecular formula is C9H10O5. The van der Waals surface area contributed by atoms with E-state index in [1.54, 1.807) is 12.1 Å². The Balaban J connectivity index is 2.65. The molecule has 0 spiro atoms. The lowest BCUT2D eigenvalue weighted by molar-refractivity contribution is -0.0813. The molecule has 0 atom stereocenters. The monoisotopic (exact) mass is 198 g/mol. The number of hydrogen-bond donors (Lipinski definition) is 3. The van der Waals surface area contributed by atoms with Crippen LogP contribution < -0.4 is 0 Å². The summed E-state index contributed by atoms with van der Waals surface area (Å²) in [5, 5.41) is 26.1. The zero-order valence-corrected chi connectivity index (χ0v) is 7.25. The van der Waals surface area contributed by atoms with Crippen molar-refractivity contribution >= 4 is 5.97 Å². The van der Waals surface area contributed by atoms with Crippen LogP contribution in [0.3, 0.4) is 0 Å². The summed E-state index contributed by atoms with van der Waals surface area (Å²) in [6.45, 7) is -0.521. The van der Waals surface area contributed by atoms with Crippen LogP contribution in [0.2, 0.25) is 0 Å². The number of rotatable bonds is 3. The van der Waals surface area contributed by atoms with E-state index in [1.165, 1.54) is 12.1 Å². The first-order valence-corrected chi connectivity index (χ1v) is 3.92. The van der Waals surface area contributed by atoms with E-state index in [1.807, 2.05) is 0 Å². The first-order chi connectivity index (χ1) is 6.61. The molecule has 1 rings (SSSR count). The topological polar surface area (TPSA) is 87.0 Å². The Hall–Kier alpha value is -1.59. The third-order valence-electron chi connectivity index (χ3n) is 1.49. The summed E-state index contributed by atoms with van der Waals surface area (Å²) in [4.78, 5) is 11.2. The van der Waals surface area contributed by atoms with E-state index in [2.05, 4.69) is 4.74 Å². The minimum atomic E-state index is -1.70. The van der Waals surface area contributed by atoms with E-state index in [9.17, 15) is 9.90 Å². The Morgan fingerprint density at radius 3 is 2.57 bits per heavy atom. The van der Waals surface area contributed by atoms with E-state index in [-0.39, 0.29) is 11.3 Å². The Labute approximate surface area is 80.2 Å². The molecule has 76 valence electrons. The van der Waals surface area contributed by atoms with Crippen molar-refractivity contribution in [3.05, 3.63) is 29.8 Å². The maximum Gasteiger partial charge on any atom is 0.342 e. The Morgan fingerprint density at radius 1 is 1.36 bits per heavy atom. The lowest BCUT2D eigenvalue weighted by Gasteiger charge is -2.06. The summed E-state index contributed by atoms with van der Waals surface area (Å²) < 4.78 is 4.47. The van der Waals surface area contributed by atoms with Gasteiger partial charge >= 0.3 is 5.97 Å². The number of phenols is 1. The summed E-state index contributed by atoms with van der Waals surface area (Å²) in [6, 6.07) is 5.84. The number of hydrogen-bond acceptors (Lipinski definition) is 5. The van der Waals surface area contributed by atoms with Gasteiger partial charge in [0.25, 0.3) is 0 Å². The highest BCUT2D eigenvalue weighted by Gasteiger charge is 2.12. The second-order valence-corrected chi connectivity index (χ2v) is 2.60. The van der Waals surface area contributed by atoms with Gasteiger partial charge < -0.3 is 20.1 Å². The fourth-order valence-electron chi connectivity index (χ4n) is 0.874. The lowest BCUT2D eigenvalue weighted by Crippen LogP contribution is -2.17. The molecule has 5 heteroatoms. The fraction of sp³-hybridized carbons (Fsp3) is 0.222. The Bertz CT molecular complexity index is 321. The van der Waals surface area contributed by atoms with Crippen molar-refractivity contribution in [2.75, 3.05) is 6.61 Å². The van der Waals surface area contributed by atoms with Gasteiger partial charge in [-0.2, -0.15) is 0 Å². The molecule has 0 radical (unpaired) electrons. The summed E-state index contributed by atoms with van der Waals surface area (Å²) >= 11 is 0. The predicted octanol–water partition coefficient (Wildman–Crippen LogP) is -0.140. The number of phenolic OH excluding ortho intramolecular Hbond substituents is 1. The average Bonchev–Trinajstić information content (AvgIpc) is 2.15. The van der Waals surface area contributed by atoms with Crippen LogP contribution in [0.4, 0.5) is 0 Å². The zero-order valence-electron chi connectivity index (χ0n) is 7.25. The highest BCUT2D eigenvalue weighted by atomic mass is 16.6. The lowest BCUT2D eigenvalue weighted by atomic mass is 10.2. The minimum absolute atomic E-state index is 0.00634.